The summed E-state index contributed by atoms with van der Waals surface area (Å²) in [6, 6.07) is 17.5. The number of anilines is 2. The molecule has 2 aromatic rings. The largest absolute Gasteiger partial charge is 0.388 e. The normalized spacial score (nSPS) is 11.9. The fourth-order valence-electron chi connectivity index (χ4n) is 2.91. The molecule has 0 aliphatic heterocycles. The molecule has 2 rings (SSSR count). The van der Waals surface area contributed by atoms with E-state index >= 15 is 0 Å². The third kappa shape index (κ3) is 16.2. The Morgan fingerprint density at radius 3 is 1.48 bits per heavy atom. The molecule has 5 heteroatoms. The summed E-state index contributed by atoms with van der Waals surface area (Å²) in [6.07, 6.45) is 5.36. The van der Waals surface area contributed by atoms with Crippen molar-refractivity contribution >= 4 is 11.4 Å². The average Bonchev–Trinajstić information content (AvgIpc) is 2.85. The predicted molar refractivity (Wildman–Crippen MR) is 148 cm³/mol. The lowest BCUT2D eigenvalue weighted by atomic mass is 10.0. The van der Waals surface area contributed by atoms with Gasteiger partial charge in [-0.3, -0.25) is 0 Å². The van der Waals surface area contributed by atoms with Crippen LogP contribution in [0.5, 0.6) is 0 Å². The van der Waals surface area contributed by atoms with Crippen molar-refractivity contribution in [2.75, 3.05) is 52.0 Å². The molecule has 5 nitrogen and oxygen atoms in total. The molecule has 188 valence electrons. The Kier molecular flexibility index (Phi) is 19.2. The van der Waals surface area contributed by atoms with Crippen molar-refractivity contribution in [3.63, 3.8) is 0 Å². The van der Waals surface area contributed by atoms with Gasteiger partial charge in [0.2, 0.25) is 0 Å². The molecule has 0 radical (unpaired) electrons. The molecule has 0 spiro atoms. The Bertz CT molecular complexity index is 626. The lowest BCUT2D eigenvalue weighted by Gasteiger charge is -2.15. The van der Waals surface area contributed by atoms with Gasteiger partial charge in [0, 0.05) is 38.1 Å². The van der Waals surface area contributed by atoms with Gasteiger partial charge in [-0.1, -0.05) is 57.4 Å². The van der Waals surface area contributed by atoms with Gasteiger partial charge in [-0.2, -0.15) is 0 Å². The van der Waals surface area contributed by atoms with Crippen LogP contribution in [0.1, 0.15) is 58.1 Å². The number of hydrogen-bond acceptors (Lipinski definition) is 5. The van der Waals surface area contributed by atoms with Gasteiger partial charge in [-0.05, 0) is 69.8 Å². The molecule has 2 atom stereocenters. The molecule has 0 amide bonds. The zero-order valence-corrected chi connectivity index (χ0v) is 22.4. The van der Waals surface area contributed by atoms with Gasteiger partial charge in [-0.25, -0.2) is 0 Å². The van der Waals surface area contributed by atoms with Crippen LogP contribution in [0.3, 0.4) is 0 Å². The quantitative estimate of drug-likeness (QED) is 0.325. The first kappa shape index (κ1) is 30.9. The smallest absolute Gasteiger partial charge is 0.0672 e. The topological polar surface area (TPSA) is 57.4 Å². The van der Waals surface area contributed by atoms with Crippen LogP contribution in [-0.4, -0.2) is 53.5 Å². The molecule has 0 aromatic heterocycles. The second kappa shape index (κ2) is 20.5. The van der Waals surface area contributed by atoms with Crippen LogP contribution in [0.25, 0.3) is 0 Å². The van der Waals surface area contributed by atoms with Gasteiger partial charge in [0.25, 0.3) is 0 Å². The molecule has 0 fully saturated rings. The fourth-order valence-corrected chi connectivity index (χ4v) is 2.91. The number of nitrogens with one attached hydrogen (secondary N) is 4. The summed E-state index contributed by atoms with van der Waals surface area (Å²) in [6.45, 7) is 10.3. The number of rotatable bonds is 12. The first-order valence-electron chi connectivity index (χ1n) is 12.4. The maximum Gasteiger partial charge on any atom is 0.0672 e. The van der Waals surface area contributed by atoms with Gasteiger partial charge >= 0.3 is 0 Å². The van der Waals surface area contributed by atoms with Gasteiger partial charge in [-0.15, -0.1) is 0 Å². The highest BCUT2D eigenvalue weighted by molar-refractivity contribution is 5.47. The summed E-state index contributed by atoms with van der Waals surface area (Å²) in [5.74, 6) is 0. The molecule has 0 heterocycles. The van der Waals surface area contributed by atoms with E-state index in [1.54, 1.807) is 0 Å². The van der Waals surface area contributed by atoms with Crippen LogP contribution in [0.2, 0.25) is 0 Å². The summed E-state index contributed by atoms with van der Waals surface area (Å²) in [7, 11) is 7.75. The zero-order chi connectivity index (χ0) is 24.9. The van der Waals surface area contributed by atoms with E-state index in [1.165, 1.54) is 30.4 Å². The number of unbranched alkanes of at least 4 members (excludes halogenated alkanes) is 2. The first-order valence-corrected chi connectivity index (χ1v) is 12.4. The molecule has 2 aromatic carbocycles. The SMILES string of the molecule is CCCCC.CNCC(C)OCC(C)NC.CNc1ccc(Cc2ccc(NC)cc2)cc1. The third-order valence-electron chi connectivity index (χ3n) is 5.22. The van der Waals surface area contributed by atoms with E-state index in [1.807, 2.05) is 28.2 Å². The first-order chi connectivity index (χ1) is 15.9. The lowest BCUT2D eigenvalue weighted by Crippen LogP contribution is -2.31. The number of hydrogen-bond donors (Lipinski definition) is 4. The van der Waals surface area contributed by atoms with E-state index in [0.29, 0.717) is 12.1 Å². The molecule has 2 unspecified atom stereocenters. The van der Waals surface area contributed by atoms with E-state index in [9.17, 15) is 0 Å². The van der Waals surface area contributed by atoms with Crippen molar-refractivity contribution in [3.8, 4) is 0 Å². The van der Waals surface area contributed by atoms with Crippen molar-refractivity contribution in [1.29, 1.82) is 0 Å². The number of ether oxygens (including phenoxy) is 1. The average molecular weight is 459 g/mol. The van der Waals surface area contributed by atoms with Crippen LogP contribution < -0.4 is 21.3 Å². The van der Waals surface area contributed by atoms with E-state index in [-0.39, 0.29) is 0 Å². The highest BCUT2D eigenvalue weighted by Gasteiger charge is 2.02. The van der Waals surface area contributed by atoms with Crippen molar-refractivity contribution < 1.29 is 4.74 Å². The Hall–Kier alpha value is -2.08. The van der Waals surface area contributed by atoms with Crippen LogP contribution in [0.4, 0.5) is 11.4 Å². The van der Waals surface area contributed by atoms with Crippen LogP contribution in [0.15, 0.2) is 48.5 Å². The second-order valence-corrected chi connectivity index (χ2v) is 8.32. The lowest BCUT2D eigenvalue weighted by molar-refractivity contribution is 0.0554. The minimum atomic E-state index is 0.302. The van der Waals surface area contributed by atoms with Crippen LogP contribution in [0, 0.1) is 0 Å². The van der Waals surface area contributed by atoms with Gasteiger partial charge < -0.3 is 26.0 Å². The van der Waals surface area contributed by atoms with Crippen molar-refractivity contribution in [3.05, 3.63) is 59.7 Å². The molecule has 0 saturated carbocycles. The monoisotopic (exact) mass is 458 g/mol. The Labute approximate surface area is 204 Å². The minimum absolute atomic E-state index is 0.302. The van der Waals surface area contributed by atoms with Crippen LogP contribution >= 0.6 is 0 Å². The molecule has 0 saturated heterocycles. The highest BCUT2D eigenvalue weighted by Crippen LogP contribution is 2.15. The molecule has 0 bridgehead atoms. The predicted octanol–water partition coefficient (Wildman–Crippen LogP) is 5.78. The summed E-state index contributed by atoms with van der Waals surface area (Å²) in [4.78, 5) is 0. The van der Waals surface area contributed by atoms with Gasteiger partial charge in [0.15, 0.2) is 0 Å². The summed E-state index contributed by atoms with van der Waals surface area (Å²) < 4.78 is 5.51. The summed E-state index contributed by atoms with van der Waals surface area (Å²) >= 11 is 0. The van der Waals surface area contributed by atoms with E-state index in [2.05, 4.69) is 97.5 Å². The molecule has 0 aliphatic rings. The van der Waals surface area contributed by atoms with Crippen molar-refractivity contribution in [1.82, 2.24) is 10.6 Å². The van der Waals surface area contributed by atoms with Crippen LogP contribution in [-0.2, 0) is 11.2 Å². The minimum Gasteiger partial charge on any atom is -0.388 e. The maximum atomic E-state index is 5.51. The molecule has 33 heavy (non-hydrogen) atoms. The summed E-state index contributed by atoms with van der Waals surface area (Å²) in [5.41, 5.74) is 4.97. The van der Waals surface area contributed by atoms with E-state index < -0.39 is 0 Å². The Balaban J connectivity index is 0.000000551. The summed E-state index contributed by atoms with van der Waals surface area (Å²) in [5, 5.41) is 12.4. The standard InChI is InChI=1S/C15H18N2.C8H20N2O.C5H12/c1-16-14-7-3-12(4-8-14)11-13-5-9-15(17-2)10-6-13;1-7(10-4)6-11-8(2)5-9-3;1-3-5-4-2/h3-10,16-17H,11H2,1-2H3;7-10H,5-6H2,1-4H3;3-5H2,1-2H3. The maximum absolute atomic E-state index is 5.51. The van der Waals surface area contributed by atoms with Gasteiger partial charge in [0.1, 0.15) is 0 Å². The van der Waals surface area contributed by atoms with E-state index in [4.69, 9.17) is 4.74 Å². The molecular formula is C28H50N4O. The highest BCUT2D eigenvalue weighted by atomic mass is 16.5. The molecule has 4 N–H and O–H groups in total. The zero-order valence-electron chi connectivity index (χ0n) is 22.4. The Morgan fingerprint density at radius 1 is 0.727 bits per heavy atom. The fraction of sp³-hybridized carbons (Fsp3) is 0.571. The second-order valence-electron chi connectivity index (χ2n) is 8.32. The van der Waals surface area contributed by atoms with E-state index in [0.717, 1.165) is 30.9 Å². The number of likely N-dealkylation sites (N-methyl/N-ethyl adjacent to an activating group) is 2. The number of benzene rings is 2. The Morgan fingerprint density at radius 2 is 1.18 bits per heavy atom. The third-order valence-corrected chi connectivity index (χ3v) is 5.22. The molecular weight excluding hydrogens is 408 g/mol. The molecule has 0 aliphatic carbocycles. The van der Waals surface area contributed by atoms with Crippen molar-refractivity contribution in [2.24, 2.45) is 0 Å². The van der Waals surface area contributed by atoms with Gasteiger partial charge in [0.05, 0.1) is 12.7 Å². The van der Waals surface area contributed by atoms with Crippen molar-refractivity contribution in [2.45, 2.75) is 65.5 Å².